The number of halogens is 2. The summed E-state index contributed by atoms with van der Waals surface area (Å²) in [4.78, 5) is 13.5. The Labute approximate surface area is 171 Å². The van der Waals surface area contributed by atoms with Gasteiger partial charge >= 0.3 is 0 Å². The molecule has 3 aliphatic rings. The molecule has 8 heteroatoms. The normalized spacial score (nSPS) is 25.9. The summed E-state index contributed by atoms with van der Waals surface area (Å²) in [6, 6.07) is 3.09. The molecule has 0 saturated heterocycles. The summed E-state index contributed by atoms with van der Waals surface area (Å²) in [6.45, 7) is 3.74. The number of hydrogen-bond donors (Lipinski definition) is 2. The number of nitrogens with one attached hydrogen (secondary N) is 1. The highest BCUT2D eigenvalue weighted by atomic mass is 79.9. The molecule has 1 aliphatic carbocycles. The summed E-state index contributed by atoms with van der Waals surface area (Å²) >= 11 is 9.47. The van der Waals surface area contributed by atoms with E-state index in [9.17, 15) is 18.3 Å². The lowest BCUT2D eigenvalue weighted by Gasteiger charge is -2.39. The van der Waals surface area contributed by atoms with Gasteiger partial charge < -0.3 is 10.4 Å². The third-order valence-corrected chi connectivity index (χ3v) is 8.38. The van der Waals surface area contributed by atoms with Gasteiger partial charge in [-0.1, -0.05) is 25.4 Å². The fourth-order valence-corrected chi connectivity index (χ4v) is 6.83. The molecule has 4 rings (SSSR count). The Kier molecular flexibility index (Phi) is 4.29. The van der Waals surface area contributed by atoms with E-state index in [1.165, 1.54) is 0 Å². The van der Waals surface area contributed by atoms with Gasteiger partial charge in [0, 0.05) is 39.4 Å². The molecule has 1 atom stereocenters. The smallest absolute Gasteiger partial charge is 0.177 e. The maximum atomic E-state index is 13.3. The lowest BCUT2D eigenvalue weighted by atomic mass is 9.69. The largest absolute Gasteiger partial charge is 0.506 e. The van der Waals surface area contributed by atoms with Gasteiger partial charge in [0.15, 0.2) is 15.6 Å². The predicted octanol–water partition coefficient (Wildman–Crippen LogP) is 4.17. The summed E-state index contributed by atoms with van der Waals surface area (Å²) in [5, 5.41) is 14.3. The van der Waals surface area contributed by atoms with Crippen LogP contribution in [-0.2, 0) is 14.6 Å². The topological polar surface area (TPSA) is 83.5 Å². The predicted molar refractivity (Wildman–Crippen MR) is 107 cm³/mol. The third-order valence-electron chi connectivity index (χ3n) is 5.66. The first-order valence-electron chi connectivity index (χ1n) is 8.71. The summed E-state index contributed by atoms with van der Waals surface area (Å²) < 4.78 is 26.1. The van der Waals surface area contributed by atoms with Gasteiger partial charge in [-0.05, 0) is 40.9 Å². The molecule has 1 aromatic rings. The van der Waals surface area contributed by atoms with Crippen molar-refractivity contribution in [3.8, 4) is 5.75 Å². The van der Waals surface area contributed by atoms with Crippen LogP contribution in [0.1, 0.15) is 44.6 Å². The molecule has 0 radical (unpaired) electrons. The van der Waals surface area contributed by atoms with Crippen molar-refractivity contribution in [3.05, 3.63) is 49.1 Å². The van der Waals surface area contributed by atoms with E-state index in [2.05, 4.69) is 21.2 Å². The lowest BCUT2D eigenvalue weighted by molar-refractivity contribution is -0.124. The summed E-state index contributed by atoms with van der Waals surface area (Å²) in [7, 11) is -3.54. The Hall–Kier alpha value is -1.31. The number of hydrogen-bond acceptors (Lipinski definition) is 5. The van der Waals surface area contributed by atoms with Gasteiger partial charge in [0.25, 0.3) is 0 Å². The molecule has 2 heterocycles. The number of aromatic hydroxyl groups is 1. The molecular weight excluding hydrogens is 454 g/mol. The zero-order valence-electron chi connectivity index (χ0n) is 14.9. The fraction of sp³-hybridized carbons (Fsp3) is 0.421. The number of ketones is 1. The van der Waals surface area contributed by atoms with Crippen LogP contribution in [0, 0.1) is 5.41 Å². The Bertz CT molecular complexity index is 1060. The number of rotatable bonds is 1. The van der Waals surface area contributed by atoms with Crippen LogP contribution in [-0.4, -0.2) is 25.1 Å². The van der Waals surface area contributed by atoms with Crippen LogP contribution in [0.25, 0.3) is 0 Å². The van der Waals surface area contributed by atoms with Gasteiger partial charge in [-0.2, -0.15) is 0 Å². The zero-order valence-corrected chi connectivity index (χ0v) is 18.1. The van der Waals surface area contributed by atoms with Gasteiger partial charge in [-0.25, -0.2) is 8.42 Å². The van der Waals surface area contributed by atoms with E-state index in [4.69, 9.17) is 11.6 Å². The molecule has 0 amide bonds. The number of benzene rings is 1. The van der Waals surface area contributed by atoms with Crippen LogP contribution >= 0.6 is 27.5 Å². The molecule has 1 aromatic carbocycles. The van der Waals surface area contributed by atoms with Crippen LogP contribution < -0.4 is 5.32 Å². The minimum atomic E-state index is -3.54. The first-order valence-corrected chi connectivity index (χ1v) is 11.5. The number of dihydropyridines is 1. The molecule has 5 nitrogen and oxygen atoms in total. The first kappa shape index (κ1) is 19.0. The second kappa shape index (κ2) is 6.09. The van der Waals surface area contributed by atoms with Gasteiger partial charge in [0.05, 0.1) is 21.0 Å². The number of sulfone groups is 1. The number of allylic oxidation sites excluding steroid dienone is 4. The molecule has 27 heavy (non-hydrogen) atoms. The van der Waals surface area contributed by atoms with Crippen molar-refractivity contribution >= 4 is 43.2 Å². The van der Waals surface area contributed by atoms with Gasteiger partial charge in [-0.3, -0.25) is 4.79 Å². The van der Waals surface area contributed by atoms with E-state index in [0.717, 1.165) is 5.70 Å². The number of carbonyl (C=O) groups excluding carboxylic acids is 1. The molecule has 0 bridgehead atoms. The van der Waals surface area contributed by atoms with Crippen LogP contribution in [0.15, 0.2) is 38.5 Å². The monoisotopic (exact) mass is 471 g/mol. The molecule has 1 unspecified atom stereocenters. The standard InChI is InChI=1S/C19H19BrClNO4S/c1-19(2)5-3-12-15(18(19)24)14(10-7-9(21)8-11(20)16(10)23)17-13(22-12)4-6-27(17,25)26/h7-8,14,22-23H,3-6H2,1-2H3. The second-order valence-corrected chi connectivity index (χ2v) is 11.3. The lowest BCUT2D eigenvalue weighted by Crippen LogP contribution is -2.39. The Balaban J connectivity index is 2.03. The van der Waals surface area contributed by atoms with Crippen LogP contribution in [0.4, 0.5) is 0 Å². The number of phenols is 1. The molecule has 2 aliphatic heterocycles. The van der Waals surface area contributed by atoms with Crippen molar-refractivity contribution < 1.29 is 18.3 Å². The van der Waals surface area contributed by atoms with Crippen molar-refractivity contribution in [3.63, 3.8) is 0 Å². The van der Waals surface area contributed by atoms with Crippen molar-refractivity contribution in [2.75, 3.05) is 5.75 Å². The Morgan fingerprint density at radius 2 is 1.96 bits per heavy atom. The van der Waals surface area contributed by atoms with E-state index in [-0.39, 0.29) is 22.2 Å². The maximum absolute atomic E-state index is 13.3. The Morgan fingerprint density at radius 1 is 1.26 bits per heavy atom. The summed E-state index contributed by atoms with van der Waals surface area (Å²) in [6.07, 6.45) is 1.72. The van der Waals surface area contributed by atoms with Crippen molar-refractivity contribution in [1.82, 2.24) is 5.32 Å². The van der Waals surface area contributed by atoms with Gasteiger partial charge in [0.1, 0.15) is 5.75 Å². The maximum Gasteiger partial charge on any atom is 0.177 e. The second-order valence-electron chi connectivity index (χ2n) is 7.90. The molecule has 144 valence electrons. The highest BCUT2D eigenvalue weighted by Crippen LogP contribution is 2.53. The number of Topliss-reactive ketones (excluding diaryl/α,β-unsaturated/α-hetero) is 1. The summed E-state index contributed by atoms with van der Waals surface area (Å²) in [5.41, 5.74) is 1.56. The van der Waals surface area contributed by atoms with E-state index < -0.39 is 21.2 Å². The SMILES string of the molecule is CC1(C)CCC2=C(C1=O)C(c1cc(Cl)cc(Br)c1O)C1=C(CCS1(=O)=O)N2. The number of carbonyl (C=O) groups is 1. The molecule has 0 saturated carbocycles. The molecule has 0 spiro atoms. The number of phenolic OH excluding ortho intramolecular Hbond substituents is 1. The van der Waals surface area contributed by atoms with Crippen molar-refractivity contribution in [1.29, 1.82) is 0 Å². The highest BCUT2D eigenvalue weighted by molar-refractivity contribution is 9.10. The Morgan fingerprint density at radius 3 is 2.67 bits per heavy atom. The first-order chi connectivity index (χ1) is 12.5. The minimum Gasteiger partial charge on any atom is -0.506 e. The summed E-state index contributed by atoms with van der Waals surface area (Å²) in [5.74, 6) is -1.03. The van der Waals surface area contributed by atoms with E-state index in [1.54, 1.807) is 12.1 Å². The van der Waals surface area contributed by atoms with Gasteiger partial charge in [0.2, 0.25) is 0 Å². The van der Waals surface area contributed by atoms with E-state index in [0.29, 0.717) is 45.6 Å². The van der Waals surface area contributed by atoms with Crippen LogP contribution in [0.5, 0.6) is 5.75 Å². The highest BCUT2D eigenvalue weighted by Gasteiger charge is 2.49. The fourth-order valence-electron chi connectivity index (χ4n) is 4.17. The third kappa shape index (κ3) is 2.86. The minimum absolute atomic E-state index is 0.00179. The average molecular weight is 473 g/mol. The van der Waals surface area contributed by atoms with Gasteiger partial charge in [-0.15, -0.1) is 0 Å². The molecule has 0 fully saturated rings. The van der Waals surface area contributed by atoms with E-state index >= 15 is 0 Å². The molecule has 0 aromatic heterocycles. The van der Waals surface area contributed by atoms with E-state index in [1.807, 2.05) is 13.8 Å². The molecule has 2 N–H and O–H groups in total. The van der Waals surface area contributed by atoms with Crippen molar-refractivity contribution in [2.24, 2.45) is 5.41 Å². The zero-order chi connectivity index (χ0) is 19.7. The van der Waals surface area contributed by atoms with Crippen LogP contribution in [0.3, 0.4) is 0 Å². The average Bonchev–Trinajstić information content (AvgIpc) is 2.88. The quantitative estimate of drug-likeness (QED) is 0.641. The molecular formula is C19H19BrClNO4S. The van der Waals surface area contributed by atoms with Crippen LogP contribution in [0.2, 0.25) is 5.02 Å². The van der Waals surface area contributed by atoms with Crippen molar-refractivity contribution in [2.45, 2.75) is 39.0 Å².